The third-order valence-corrected chi connectivity index (χ3v) is 6.52. The number of carbonyl (C=O) groups is 1. The molecule has 1 saturated carbocycles. The molecule has 27 heavy (non-hydrogen) atoms. The molecule has 0 radical (unpaired) electrons. The van der Waals surface area contributed by atoms with Gasteiger partial charge in [0.15, 0.2) is 0 Å². The topological polar surface area (TPSA) is 75.3 Å². The van der Waals surface area contributed by atoms with E-state index in [1.54, 1.807) is 12.1 Å². The molecule has 0 aliphatic heterocycles. The van der Waals surface area contributed by atoms with Crippen molar-refractivity contribution in [2.24, 2.45) is 0 Å². The zero-order valence-electron chi connectivity index (χ0n) is 15.6. The Kier molecular flexibility index (Phi) is 6.29. The quantitative estimate of drug-likeness (QED) is 0.793. The number of anilines is 1. The van der Waals surface area contributed by atoms with Crippen molar-refractivity contribution in [1.82, 2.24) is 4.72 Å². The highest BCUT2D eigenvalue weighted by atomic mass is 32.2. The summed E-state index contributed by atoms with van der Waals surface area (Å²) in [5.41, 5.74) is 2.64. The van der Waals surface area contributed by atoms with E-state index in [4.69, 9.17) is 0 Å². The van der Waals surface area contributed by atoms with Crippen LogP contribution in [-0.2, 0) is 21.2 Å². The first-order valence-electron chi connectivity index (χ1n) is 9.41. The van der Waals surface area contributed by atoms with Gasteiger partial charge in [-0.05, 0) is 55.2 Å². The summed E-state index contributed by atoms with van der Waals surface area (Å²) in [5.74, 6) is -0.125. The van der Waals surface area contributed by atoms with Gasteiger partial charge in [0.05, 0.1) is 11.3 Å². The summed E-state index contributed by atoms with van der Waals surface area (Å²) < 4.78 is 27.8. The Morgan fingerprint density at radius 2 is 1.67 bits per heavy atom. The molecule has 1 fully saturated rings. The van der Waals surface area contributed by atoms with Gasteiger partial charge in [0.25, 0.3) is 0 Å². The molecule has 144 valence electrons. The number of rotatable bonds is 6. The summed E-state index contributed by atoms with van der Waals surface area (Å²) in [6.45, 7) is 1.97. The van der Waals surface area contributed by atoms with Gasteiger partial charge >= 0.3 is 0 Å². The van der Waals surface area contributed by atoms with Gasteiger partial charge in [0, 0.05) is 11.7 Å². The average molecular weight is 387 g/mol. The molecule has 2 aromatic rings. The summed E-state index contributed by atoms with van der Waals surface area (Å²) in [5, 5.41) is 2.82. The molecule has 5 nitrogen and oxygen atoms in total. The lowest BCUT2D eigenvalue weighted by Crippen LogP contribution is -2.36. The Balaban J connectivity index is 1.61. The lowest BCUT2D eigenvalue weighted by molar-refractivity contribution is -0.115. The van der Waals surface area contributed by atoms with Gasteiger partial charge in [0.2, 0.25) is 15.9 Å². The number of amides is 1. The highest BCUT2D eigenvalue weighted by molar-refractivity contribution is 7.89. The summed E-state index contributed by atoms with van der Waals surface area (Å²) >= 11 is 0. The average Bonchev–Trinajstić information content (AvgIpc) is 2.64. The maximum Gasteiger partial charge on any atom is 0.240 e. The fourth-order valence-corrected chi connectivity index (χ4v) is 4.72. The first kappa shape index (κ1) is 19.6. The van der Waals surface area contributed by atoms with Crippen LogP contribution in [0.3, 0.4) is 0 Å². The fraction of sp³-hybridized carbons (Fsp3) is 0.381. The summed E-state index contributed by atoms with van der Waals surface area (Å²) in [7, 11) is -3.52. The van der Waals surface area contributed by atoms with Gasteiger partial charge in [0.1, 0.15) is 0 Å². The number of nitrogens with one attached hydrogen (secondary N) is 2. The smallest absolute Gasteiger partial charge is 0.240 e. The van der Waals surface area contributed by atoms with Gasteiger partial charge < -0.3 is 5.32 Å². The van der Waals surface area contributed by atoms with E-state index in [9.17, 15) is 13.2 Å². The number of carbonyl (C=O) groups excluding carboxylic acids is 1. The number of hydrogen-bond donors (Lipinski definition) is 2. The summed E-state index contributed by atoms with van der Waals surface area (Å²) in [6.07, 6.45) is 5.39. The van der Waals surface area contributed by atoms with Crippen molar-refractivity contribution in [3.05, 3.63) is 59.7 Å². The van der Waals surface area contributed by atoms with E-state index < -0.39 is 10.0 Å². The minimum atomic E-state index is -3.52. The van der Waals surface area contributed by atoms with Gasteiger partial charge in [-0.15, -0.1) is 0 Å². The number of aryl methyl sites for hydroxylation is 1. The molecule has 0 unspecified atom stereocenters. The maximum absolute atomic E-state index is 12.5. The SMILES string of the molecule is Cc1ccccc1CC(=O)Nc1ccc(S(=O)(=O)NC2CCCCC2)cc1. The molecule has 0 saturated heterocycles. The van der Waals surface area contributed by atoms with Crippen molar-refractivity contribution in [3.63, 3.8) is 0 Å². The van der Waals surface area contributed by atoms with Crippen LogP contribution in [0.1, 0.15) is 43.2 Å². The Morgan fingerprint density at radius 3 is 2.33 bits per heavy atom. The molecule has 0 spiro atoms. The van der Waals surface area contributed by atoms with E-state index in [0.717, 1.165) is 36.8 Å². The van der Waals surface area contributed by atoms with Crippen molar-refractivity contribution in [2.45, 2.75) is 56.4 Å². The van der Waals surface area contributed by atoms with Crippen LogP contribution in [0.15, 0.2) is 53.4 Å². The minimum Gasteiger partial charge on any atom is -0.326 e. The standard InChI is InChI=1S/C21H26N2O3S/c1-16-7-5-6-8-17(16)15-21(24)22-18-11-13-20(14-12-18)27(25,26)23-19-9-3-2-4-10-19/h5-8,11-14,19,23H,2-4,9-10,15H2,1H3,(H,22,24). The van der Waals surface area contributed by atoms with Crippen molar-refractivity contribution in [3.8, 4) is 0 Å². The number of benzene rings is 2. The maximum atomic E-state index is 12.5. The van der Waals surface area contributed by atoms with Crippen molar-refractivity contribution in [1.29, 1.82) is 0 Å². The molecule has 1 aliphatic carbocycles. The van der Waals surface area contributed by atoms with E-state index in [0.29, 0.717) is 5.69 Å². The molecule has 2 N–H and O–H groups in total. The fourth-order valence-electron chi connectivity index (χ4n) is 3.41. The lowest BCUT2D eigenvalue weighted by atomic mass is 9.96. The molecule has 6 heteroatoms. The lowest BCUT2D eigenvalue weighted by Gasteiger charge is -2.22. The van der Waals surface area contributed by atoms with E-state index in [1.807, 2.05) is 31.2 Å². The Morgan fingerprint density at radius 1 is 1.00 bits per heavy atom. The first-order chi connectivity index (χ1) is 12.9. The van der Waals surface area contributed by atoms with Crippen molar-refractivity contribution in [2.75, 3.05) is 5.32 Å². The highest BCUT2D eigenvalue weighted by Crippen LogP contribution is 2.21. The summed E-state index contributed by atoms with van der Waals surface area (Å²) in [6, 6.07) is 14.1. The Labute approximate surface area is 161 Å². The molecule has 0 atom stereocenters. The zero-order chi connectivity index (χ0) is 19.3. The van der Waals surface area contributed by atoms with Crippen LogP contribution < -0.4 is 10.0 Å². The summed E-state index contributed by atoms with van der Waals surface area (Å²) in [4.78, 5) is 12.5. The minimum absolute atomic E-state index is 0.0252. The van der Waals surface area contributed by atoms with Crippen LogP contribution in [0.25, 0.3) is 0 Å². The normalized spacial score (nSPS) is 15.4. The molecule has 1 aliphatic rings. The highest BCUT2D eigenvalue weighted by Gasteiger charge is 2.21. The largest absolute Gasteiger partial charge is 0.326 e. The Hall–Kier alpha value is -2.18. The second-order valence-electron chi connectivity index (χ2n) is 7.13. The van der Waals surface area contributed by atoms with E-state index in [-0.39, 0.29) is 23.3 Å². The number of hydrogen-bond acceptors (Lipinski definition) is 3. The molecule has 0 aromatic heterocycles. The van der Waals surface area contributed by atoms with Gasteiger partial charge in [-0.25, -0.2) is 13.1 Å². The second kappa shape index (κ2) is 8.67. The van der Waals surface area contributed by atoms with Crippen molar-refractivity contribution < 1.29 is 13.2 Å². The van der Waals surface area contributed by atoms with E-state index in [1.165, 1.54) is 18.6 Å². The van der Waals surface area contributed by atoms with Gasteiger partial charge in [-0.2, -0.15) is 0 Å². The molecule has 1 amide bonds. The monoisotopic (exact) mass is 386 g/mol. The zero-order valence-corrected chi connectivity index (χ0v) is 16.4. The first-order valence-corrected chi connectivity index (χ1v) is 10.9. The predicted octanol–water partition coefficient (Wildman–Crippen LogP) is 3.79. The predicted molar refractivity (Wildman–Crippen MR) is 107 cm³/mol. The second-order valence-corrected chi connectivity index (χ2v) is 8.85. The number of sulfonamides is 1. The third kappa shape index (κ3) is 5.40. The molecule has 0 heterocycles. The van der Waals surface area contributed by atoms with Gasteiger partial charge in [-0.1, -0.05) is 43.5 Å². The van der Waals surface area contributed by atoms with Crippen molar-refractivity contribution >= 4 is 21.6 Å². The molecule has 3 rings (SSSR count). The third-order valence-electron chi connectivity index (χ3n) is 4.99. The Bertz CT molecular complexity index is 886. The van der Waals surface area contributed by atoms with Gasteiger partial charge in [-0.3, -0.25) is 4.79 Å². The molecule has 0 bridgehead atoms. The molecular formula is C21H26N2O3S. The van der Waals surface area contributed by atoms with Crippen LogP contribution in [0, 0.1) is 6.92 Å². The van der Waals surface area contributed by atoms with E-state index in [2.05, 4.69) is 10.0 Å². The van der Waals surface area contributed by atoms with Crippen LogP contribution in [0.4, 0.5) is 5.69 Å². The molecular weight excluding hydrogens is 360 g/mol. The molecule has 2 aromatic carbocycles. The van der Waals surface area contributed by atoms with Crippen LogP contribution in [-0.4, -0.2) is 20.4 Å². The van der Waals surface area contributed by atoms with E-state index >= 15 is 0 Å². The van der Waals surface area contributed by atoms with Crippen LogP contribution in [0.5, 0.6) is 0 Å². The van der Waals surface area contributed by atoms with Crippen LogP contribution >= 0.6 is 0 Å². The van der Waals surface area contributed by atoms with Crippen LogP contribution in [0.2, 0.25) is 0 Å².